The molecule has 0 fully saturated rings. The molecule has 5 heteroatoms. The van der Waals surface area contributed by atoms with Crippen molar-refractivity contribution in [3.8, 4) is 0 Å². The van der Waals surface area contributed by atoms with Crippen molar-refractivity contribution in [2.45, 2.75) is 19.8 Å². The van der Waals surface area contributed by atoms with E-state index in [1.807, 2.05) is 17.5 Å². The Kier molecular flexibility index (Phi) is 3.05. The summed E-state index contributed by atoms with van der Waals surface area (Å²) in [5.74, 6) is 0.282. The van der Waals surface area contributed by atoms with Crippen molar-refractivity contribution in [2.75, 3.05) is 0 Å². The van der Waals surface area contributed by atoms with Gasteiger partial charge in [0.1, 0.15) is 5.76 Å². The number of carboxylic acid groups (broad SMARTS) is 1. The van der Waals surface area contributed by atoms with Gasteiger partial charge in [0.25, 0.3) is 0 Å². The maximum atomic E-state index is 10.6. The lowest BCUT2D eigenvalue weighted by atomic mass is 10.3. The highest BCUT2D eigenvalue weighted by molar-refractivity contribution is 7.09. The zero-order chi connectivity index (χ0) is 11.5. The maximum Gasteiger partial charge on any atom is 0.309 e. The number of thiophene rings is 1. The fraction of sp³-hybridized carbons (Fsp3) is 0.273. The number of aliphatic carboxylic acids is 1. The average molecular weight is 237 g/mol. The standard InChI is InChI=1S/C11H11NO3S/c1-7-9(6-11(13)14)12-10(15-7)5-8-3-2-4-16-8/h2-4H,5-6H2,1H3,(H,13,14). The van der Waals surface area contributed by atoms with Crippen molar-refractivity contribution in [1.29, 1.82) is 0 Å². The molecule has 2 rings (SSSR count). The highest BCUT2D eigenvalue weighted by Crippen LogP contribution is 2.17. The number of carbonyl (C=O) groups is 1. The van der Waals surface area contributed by atoms with Crippen LogP contribution < -0.4 is 0 Å². The Morgan fingerprint density at radius 1 is 1.62 bits per heavy atom. The summed E-state index contributed by atoms with van der Waals surface area (Å²) >= 11 is 1.63. The second-order valence-corrected chi connectivity index (χ2v) is 4.47. The zero-order valence-corrected chi connectivity index (χ0v) is 9.58. The number of nitrogens with zero attached hydrogens (tertiary/aromatic N) is 1. The van der Waals surface area contributed by atoms with E-state index in [4.69, 9.17) is 9.52 Å². The van der Waals surface area contributed by atoms with Gasteiger partial charge in [0.05, 0.1) is 18.5 Å². The highest BCUT2D eigenvalue weighted by Gasteiger charge is 2.13. The Labute approximate surface area is 96.6 Å². The first-order valence-corrected chi connectivity index (χ1v) is 5.72. The molecular weight excluding hydrogens is 226 g/mol. The molecule has 0 aromatic carbocycles. The normalized spacial score (nSPS) is 10.6. The third-order valence-corrected chi connectivity index (χ3v) is 3.04. The van der Waals surface area contributed by atoms with E-state index in [0.29, 0.717) is 23.8 Å². The molecule has 0 unspecified atom stereocenters. The largest absolute Gasteiger partial charge is 0.481 e. The molecule has 84 valence electrons. The first kappa shape index (κ1) is 10.9. The molecule has 0 aliphatic rings. The van der Waals surface area contributed by atoms with Crippen LogP contribution in [0.5, 0.6) is 0 Å². The summed E-state index contributed by atoms with van der Waals surface area (Å²) in [6.45, 7) is 1.74. The van der Waals surface area contributed by atoms with Gasteiger partial charge in [-0.25, -0.2) is 4.98 Å². The van der Waals surface area contributed by atoms with E-state index in [9.17, 15) is 4.79 Å². The summed E-state index contributed by atoms with van der Waals surface area (Å²) < 4.78 is 5.42. The Bertz CT molecular complexity index is 487. The quantitative estimate of drug-likeness (QED) is 0.885. The van der Waals surface area contributed by atoms with Crippen LogP contribution in [0.1, 0.15) is 22.2 Å². The summed E-state index contributed by atoms with van der Waals surface area (Å²) in [5.41, 5.74) is 0.513. The summed E-state index contributed by atoms with van der Waals surface area (Å²) in [6.07, 6.45) is 0.540. The fourth-order valence-corrected chi connectivity index (χ4v) is 2.13. The van der Waals surface area contributed by atoms with Gasteiger partial charge in [0.2, 0.25) is 0 Å². The molecule has 2 aromatic heterocycles. The number of rotatable bonds is 4. The first-order valence-electron chi connectivity index (χ1n) is 4.84. The molecular formula is C11H11NO3S. The molecule has 1 N–H and O–H groups in total. The van der Waals surface area contributed by atoms with Crippen LogP contribution in [0.25, 0.3) is 0 Å². The van der Waals surface area contributed by atoms with Gasteiger partial charge in [-0.15, -0.1) is 11.3 Å². The topological polar surface area (TPSA) is 63.3 Å². The number of oxazole rings is 1. The number of carboxylic acids is 1. The lowest BCUT2D eigenvalue weighted by Gasteiger charge is -1.89. The van der Waals surface area contributed by atoms with E-state index in [2.05, 4.69) is 4.98 Å². The van der Waals surface area contributed by atoms with Gasteiger partial charge in [-0.2, -0.15) is 0 Å². The summed E-state index contributed by atoms with van der Waals surface area (Å²) in [7, 11) is 0. The Balaban J connectivity index is 2.14. The summed E-state index contributed by atoms with van der Waals surface area (Å²) in [4.78, 5) is 15.9. The predicted molar refractivity (Wildman–Crippen MR) is 59.7 cm³/mol. The Morgan fingerprint density at radius 3 is 3.06 bits per heavy atom. The van der Waals surface area contributed by atoms with Crippen molar-refractivity contribution in [3.05, 3.63) is 39.7 Å². The Hall–Kier alpha value is -1.62. The van der Waals surface area contributed by atoms with Crippen molar-refractivity contribution in [1.82, 2.24) is 4.98 Å². The minimum Gasteiger partial charge on any atom is -0.481 e. The molecule has 0 aliphatic carbocycles. The van der Waals surface area contributed by atoms with Crippen LogP contribution in [0.3, 0.4) is 0 Å². The van der Waals surface area contributed by atoms with E-state index in [-0.39, 0.29) is 6.42 Å². The van der Waals surface area contributed by atoms with Gasteiger partial charge in [0.15, 0.2) is 5.89 Å². The van der Waals surface area contributed by atoms with Gasteiger partial charge in [-0.05, 0) is 18.4 Å². The zero-order valence-electron chi connectivity index (χ0n) is 8.77. The predicted octanol–water partition coefficient (Wildman–Crippen LogP) is 2.26. The van der Waals surface area contributed by atoms with Gasteiger partial charge >= 0.3 is 5.97 Å². The van der Waals surface area contributed by atoms with Crippen LogP contribution in [0.15, 0.2) is 21.9 Å². The van der Waals surface area contributed by atoms with Crippen molar-refractivity contribution in [3.63, 3.8) is 0 Å². The van der Waals surface area contributed by atoms with Crippen molar-refractivity contribution in [2.24, 2.45) is 0 Å². The minimum absolute atomic E-state index is 0.0836. The molecule has 2 heterocycles. The van der Waals surface area contributed by atoms with Crippen molar-refractivity contribution >= 4 is 17.3 Å². The molecule has 0 bridgehead atoms. The summed E-state index contributed by atoms with van der Waals surface area (Å²) in [6, 6.07) is 3.97. The van der Waals surface area contributed by atoms with Gasteiger partial charge < -0.3 is 9.52 Å². The molecule has 0 amide bonds. The lowest BCUT2D eigenvalue weighted by Crippen LogP contribution is -2.01. The van der Waals surface area contributed by atoms with Gasteiger partial charge in [0, 0.05) is 4.88 Å². The van der Waals surface area contributed by atoms with E-state index < -0.39 is 5.97 Å². The third kappa shape index (κ3) is 2.49. The average Bonchev–Trinajstić information content (AvgIpc) is 2.78. The molecule has 0 spiro atoms. The monoisotopic (exact) mass is 237 g/mol. The molecule has 0 aliphatic heterocycles. The summed E-state index contributed by atoms with van der Waals surface area (Å²) in [5, 5.41) is 10.7. The third-order valence-electron chi connectivity index (χ3n) is 2.16. The lowest BCUT2D eigenvalue weighted by molar-refractivity contribution is -0.136. The molecule has 16 heavy (non-hydrogen) atoms. The molecule has 4 nitrogen and oxygen atoms in total. The molecule has 0 saturated heterocycles. The van der Waals surface area contributed by atoms with Crippen LogP contribution in [-0.2, 0) is 17.6 Å². The van der Waals surface area contributed by atoms with E-state index >= 15 is 0 Å². The van der Waals surface area contributed by atoms with Gasteiger partial charge in [-0.1, -0.05) is 6.07 Å². The molecule has 0 saturated carbocycles. The van der Waals surface area contributed by atoms with Crippen LogP contribution >= 0.6 is 11.3 Å². The van der Waals surface area contributed by atoms with Crippen LogP contribution in [-0.4, -0.2) is 16.1 Å². The Morgan fingerprint density at radius 2 is 2.44 bits per heavy atom. The fourth-order valence-electron chi connectivity index (χ4n) is 1.43. The van der Waals surface area contributed by atoms with Crippen molar-refractivity contribution < 1.29 is 14.3 Å². The number of aromatic nitrogens is 1. The molecule has 0 atom stereocenters. The first-order chi connectivity index (χ1) is 7.65. The maximum absolute atomic E-state index is 10.6. The minimum atomic E-state index is -0.890. The number of hydrogen-bond donors (Lipinski definition) is 1. The molecule has 2 aromatic rings. The van der Waals surface area contributed by atoms with E-state index in [0.717, 1.165) is 4.88 Å². The molecule has 0 radical (unpaired) electrons. The highest BCUT2D eigenvalue weighted by atomic mass is 32.1. The SMILES string of the molecule is Cc1oc(Cc2cccs2)nc1CC(=O)O. The van der Waals surface area contributed by atoms with Crippen LogP contribution in [0.2, 0.25) is 0 Å². The van der Waals surface area contributed by atoms with Crippen LogP contribution in [0, 0.1) is 6.92 Å². The number of aryl methyl sites for hydroxylation is 1. The van der Waals surface area contributed by atoms with E-state index in [1.54, 1.807) is 18.3 Å². The van der Waals surface area contributed by atoms with Gasteiger partial charge in [-0.3, -0.25) is 4.79 Å². The number of hydrogen-bond acceptors (Lipinski definition) is 4. The second kappa shape index (κ2) is 4.49. The smallest absolute Gasteiger partial charge is 0.309 e. The second-order valence-electron chi connectivity index (χ2n) is 3.44. The van der Waals surface area contributed by atoms with Crippen LogP contribution in [0.4, 0.5) is 0 Å². The van der Waals surface area contributed by atoms with E-state index in [1.165, 1.54) is 0 Å².